The molecule has 3 aromatic rings. The third-order valence-corrected chi connectivity index (χ3v) is 6.87. The maximum atomic E-state index is 12.8. The molecule has 0 fully saturated rings. The van der Waals surface area contributed by atoms with Crippen LogP contribution < -0.4 is 5.32 Å². The van der Waals surface area contributed by atoms with Gasteiger partial charge < -0.3 is 10.1 Å². The molecule has 0 amide bonds. The van der Waals surface area contributed by atoms with Crippen molar-refractivity contribution in [3.8, 4) is 16.8 Å². The smallest absolute Gasteiger partial charge is 0.308 e. The second-order valence-electron chi connectivity index (χ2n) is 9.60. The molecule has 0 saturated carbocycles. The summed E-state index contributed by atoms with van der Waals surface area (Å²) in [6.45, 7) is 12.4. The fraction of sp³-hybridized carbons (Fsp3) is 0.407. The van der Waals surface area contributed by atoms with E-state index in [1.807, 2.05) is 63.6 Å². The first-order chi connectivity index (χ1) is 16.6. The molecule has 3 heterocycles. The molecule has 2 aromatic heterocycles. The van der Waals surface area contributed by atoms with Gasteiger partial charge in [0.15, 0.2) is 5.82 Å². The van der Waals surface area contributed by atoms with Gasteiger partial charge in [0.2, 0.25) is 0 Å². The summed E-state index contributed by atoms with van der Waals surface area (Å²) in [5, 5.41) is 12.8. The van der Waals surface area contributed by atoms with Crippen LogP contribution in [0.15, 0.2) is 29.3 Å². The molecule has 1 atom stereocenters. The summed E-state index contributed by atoms with van der Waals surface area (Å²) >= 11 is 1.69. The number of rotatable bonds is 4. The number of nitrogens with zero attached hydrogens (tertiary/aromatic N) is 4. The SMILES string of the molecule is CNCC#Cc1ccc(C2=NC(CC(=O)OC(C)(C)C)c3nnc(C)n3-c3sc(C)c(C)c32)cc1. The largest absolute Gasteiger partial charge is 0.460 e. The van der Waals surface area contributed by atoms with Crippen molar-refractivity contribution in [2.75, 3.05) is 13.6 Å². The van der Waals surface area contributed by atoms with E-state index in [-0.39, 0.29) is 12.4 Å². The van der Waals surface area contributed by atoms with Crippen molar-refractivity contribution in [2.24, 2.45) is 4.99 Å². The highest BCUT2D eigenvalue weighted by atomic mass is 32.1. The van der Waals surface area contributed by atoms with Gasteiger partial charge in [0.25, 0.3) is 0 Å². The summed E-state index contributed by atoms with van der Waals surface area (Å²) in [5.74, 6) is 7.36. The van der Waals surface area contributed by atoms with Gasteiger partial charge in [0.1, 0.15) is 22.5 Å². The van der Waals surface area contributed by atoms with Gasteiger partial charge in [0.05, 0.1) is 18.7 Å². The van der Waals surface area contributed by atoms with E-state index in [1.54, 1.807) is 11.3 Å². The second-order valence-corrected chi connectivity index (χ2v) is 10.8. The highest BCUT2D eigenvalue weighted by molar-refractivity contribution is 7.15. The Bertz CT molecular complexity index is 1350. The van der Waals surface area contributed by atoms with Crippen LogP contribution in [0.1, 0.15) is 72.0 Å². The number of ether oxygens (including phenoxy) is 1. The van der Waals surface area contributed by atoms with Crippen LogP contribution >= 0.6 is 11.3 Å². The van der Waals surface area contributed by atoms with Crippen molar-refractivity contribution < 1.29 is 9.53 Å². The van der Waals surface area contributed by atoms with Crippen LogP contribution in [0.5, 0.6) is 0 Å². The van der Waals surface area contributed by atoms with Crippen LogP contribution in [0.25, 0.3) is 5.00 Å². The van der Waals surface area contributed by atoms with Gasteiger partial charge in [0, 0.05) is 21.6 Å². The Morgan fingerprint density at radius 3 is 2.54 bits per heavy atom. The predicted molar refractivity (Wildman–Crippen MR) is 140 cm³/mol. The minimum absolute atomic E-state index is 0.0828. The molecule has 0 bridgehead atoms. The number of carbonyl (C=O) groups excluding carboxylic acids is 1. The van der Waals surface area contributed by atoms with Gasteiger partial charge in [-0.15, -0.1) is 21.5 Å². The molecule has 1 unspecified atom stereocenters. The zero-order valence-electron chi connectivity index (χ0n) is 21.3. The van der Waals surface area contributed by atoms with Crippen molar-refractivity contribution in [1.29, 1.82) is 0 Å². The molecule has 35 heavy (non-hydrogen) atoms. The normalized spacial score (nSPS) is 14.8. The van der Waals surface area contributed by atoms with E-state index < -0.39 is 11.6 Å². The Kier molecular flexibility index (Phi) is 6.93. The molecule has 0 aliphatic carbocycles. The monoisotopic (exact) mass is 489 g/mol. The Balaban J connectivity index is 1.84. The van der Waals surface area contributed by atoms with Crippen LogP contribution in [0, 0.1) is 32.6 Å². The lowest BCUT2D eigenvalue weighted by atomic mass is 9.98. The van der Waals surface area contributed by atoms with Gasteiger partial charge >= 0.3 is 5.97 Å². The Morgan fingerprint density at radius 1 is 1.17 bits per heavy atom. The second kappa shape index (κ2) is 9.76. The van der Waals surface area contributed by atoms with E-state index in [0.29, 0.717) is 12.4 Å². The number of hydrogen-bond donors (Lipinski definition) is 1. The number of hydrogen-bond acceptors (Lipinski definition) is 7. The number of esters is 1. The molecular weight excluding hydrogens is 458 g/mol. The third kappa shape index (κ3) is 5.21. The summed E-state index contributed by atoms with van der Waals surface area (Å²) in [5.41, 5.74) is 4.40. The minimum Gasteiger partial charge on any atom is -0.460 e. The number of aromatic nitrogens is 3. The first-order valence-electron chi connectivity index (χ1n) is 11.6. The zero-order chi connectivity index (χ0) is 25.3. The lowest BCUT2D eigenvalue weighted by Gasteiger charge is -2.21. The molecule has 0 radical (unpaired) electrons. The molecule has 1 N–H and O–H groups in total. The number of aryl methyl sites for hydroxylation is 2. The average molecular weight is 490 g/mol. The van der Waals surface area contributed by atoms with E-state index in [0.717, 1.165) is 33.2 Å². The summed E-state index contributed by atoms with van der Waals surface area (Å²) in [7, 11) is 1.88. The molecule has 1 aliphatic heterocycles. The lowest BCUT2D eigenvalue weighted by Crippen LogP contribution is -2.25. The fourth-order valence-electron chi connectivity index (χ4n) is 4.01. The predicted octanol–water partition coefficient (Wildman–Crippen LogP) is 4.45. The van der Waals surface area contributed by atoms with Crippen molar-refractivity contribution in [3.63, 3.8) is 0 Å². The van der Waals surface area contributed by atoms with Gasteiger partial charge in [-0.25, -0.2) is 0 Å². The molecule has 4 rings (SSSR count). The van der Waals surface area contributed by atoms with Crippen LogP contribution in [0.2, 0.25) is 0 Å². The van der Waals surface area contributed by atoms with E-state index in [9.17, 15) is 4.79 Å². The molecule has 182 valence electrons. The van der Waals surface area contributed by atoms with Crippen molar-refractivity contribution in [3.05, 3.63) is 63.0 Å². The topological polar surface area (TPSA) is 81.4 Å². The van der Waals surface area contributed by atoms with Crippen LogP contribution in [-0.4, -0.2) is 45.6 Å². The van der Waals surface area contributed by atoms with Gasteiger partial charge in [-0.3, -0.25) is 14.4 Å². The summed E-state index contributed by atoms with van der Waals surface area (Å²) in [6, 6.07) is 7.59. The van der Waals surface area contributed by atoms with Crippen molar-refractivity contribution in [2.45, 2.75) is 59.6 Å². The number of nitrogens with one attached hydrogen (secondary N) is 1. The minimum atomic E-state index is -0.575. The van der Waals surface area contributed by atoms with E-state index in [2.05, 4.69) is 41.2 Å². The molecule has 7 nitrogen and oxygen atoms in total. The van der Waals surface area contributed by atoms with Crippen LogP contribution in [-0.2, 0) is 9.53 Å². The van der Waals surface area contributed by atoms with E-state index >= 15 is 0 Å². The number of aliphatic imine (C=N–C) groups is 1. The summed E-state index contributed by atoms with van der Waals surface area (Å²) in [6.07, 6.45) is 0.0828. The van der Waals surface area contributed by atoms with Crippen LogP contribution in [0.4, 0.5) is 0 Å². The maximum Gasteiger partial charge on any atom is 0.308 e. The Morgan fingerprint density at radius 2 is 1.89 bits per heavy atom. The number of thiophene rings is 1. The van der Waals surface area contributed by atoms with Gasteiger partial charge in [-0.05, 0) is 66.3 Å². The molecule has 0 saturated heterocycles. The quantitative estimate of drug-likeness (QED) is 0.433. The summed E-state index contributed by atoms with van der Waals surface area (Å²) < 4.78 is 7.67. The first-order valence-corrected chi connectivity index (χ1v) is 12.5. The Hall–Kier alpha value is -3.28. The number of carbonyl (C=O) groups is 1. The van der Waals surface area contributed by atoms with Gasteiger partial charge in [-0.2, -0.15) is 0 Å². The fourth-order valence-corrected chi connectivity index (χ4v) is 5.23. The van der Waals surface area contributed by atoms with Crippen LogP contribution in [0.3, 0.4) is 0 Å². The molecular formula is C27H31N5O2S. The third-order valence-electron chi connectivity index (χ3n) is 5.68. The highest BCUT2D eigenvalue weighted by Gasteiger charge is 2.33. The number of fused-ring (bicyclic) bond motifs is 3. The first kappa shape index (κ1) is 24.8. The zero-order valence-corrected chi connectivity index (χ0v) is 22.1. The Labute approximate surface area is 210 Å². The van der Waals surface area contributed by atoms with E-state index in [4.69, 9.17) is 9.73 Å². The number of benzene rings is 1. The molecule has 1 aromatic carbocycles. The van der Waals surface area contributed by atoms with Gasteiger partial charge in [-0.1, -0.05) is 24.0 Å². The molecule has 8 heteroatoms. The van der Waals surface area contributed by atoms with Crippen molar-refractivity contribution >= 4 is 23.0 Å². The standard InChI is InChI=1S/C27H31N5O2S/c1-16-17(2)35-26-23(16)24(20-12-10-19(11-13-20)9-8-14-28-7)29-21(15-22(33)34-27(4,5)6)25-31-30-18(3)32(25)26/h10-13,21,28H,14-15H2,1-7H3. The van der Waals surface area contributed by atoms with E-state index in [1.165, 1.54) is 10.4 Å². The molecule has 1 aliphatic rings. The lowest BCUT2D eigenvalue weighted by molar-refractivity contribution is -0.155. The average Bonchev–Trinajstić information content (AvgIpc) is 3.25. The summed E-state index contributed by atoms with van der Waals surface area (Å²) in [4.78, 5) is 19.2. The van der Waals surface area contributed by atoms with Crippen molar-refractivity contribution in [1.82, 2.24) is 20.1 Å². The highest BCUT2D eigenvalue weighted by Crippen LogP contribution is 2.39. The molecule has 0 spiro atoms. The maximum absolute atomic E-state index is 12.8.